The molecule has 0 radical (unpaired) electrons. The second-order valence-corrected chi connectivity index (χ2v) is 7.91. The zero-order valence-corrected chi connectivity index (χ0v) is 17.8. The summed E-state index contributed by atoms with van der Waals surface area (Å²) in [6, 6.07) is 4.93. The fourth-order valence-corrected chi connectivity index (χ4v) is 2.45. The molecule has 6 nitrogen and oxygen atoms in total. The summed E-state index contributed by atoms with van der Waals surface area (Å²) >= 11 is 0. The van der Waals surface area contributed by atoms with Gasteiger partial charge >= 0.3 is 5.97 Å². The van der Waals surface area contributed by atoms with Crippen molar-refractivity contribution in [1.29, 1.82) is 0 Å². The third-order valence-electron chi connectivity index (χ3n) is 3.41. The van der Waals surface area contributed by atoms with Gasteiger partial charge in [0.1, 0.15) is 23.6 Å². The summed E-state index contributed by atoms with van der Waals surface area (Å²) in [5, 5.41) is 0. The van der Waals surface area contributed by atoms with Gasteiger partial charge in [0.15, 0.2) is 0 Å². The Morgan fingerprint density at radius 3 is 2.11 bits per heavy atom. The van der Waals surface area contributed by atoms with Crippen molar-refractivity contribution in [3.8, 4) is 11.5 Å². The number of amides is 1. The lowest BCUT2D eigenvalue weighted by molar-refractivity contribution is -0.155. The van der Waals surface area contributed by atoms with Crippen LogP contribution in [-0.4, -0.2) is 47.7 Å². The summed E-state index contributed by atoms with van der Waals surface area (Å²) in [5.74, 6) is 0.399. The topological polar surface area (TPSA) is 65.1 Å². The molecule has 0 heterocycles. The molecule has 0 fully saturated rings. The molecule has 0 bridgehead atoms. The fourth-order valence-electron chi connectivity index (χ4n) is 2.45. The normalized spacial score (nSPS) is 11.5. The van der Waals surface area contributed by atoms with Crippen molar-refractivity contribution >= 4 is 11.9 Å². The summed E-state index contributed by atoms with van der Waals surface area (Å²) in [6.07, 6.45) is -0.0345. The van der Waals surface area contributed by atoms with Gasteiger partial charge in [-0.05, 0) is 67.5 Å². The molecule has 0 atom stereocenters. The van der Waals surface area contributed by atoms with Crippen LogP contribution in [0, 0.1) is 0 Å². The van der Waals surface area contributed by atoms with E-state index in [-0.39, 0.29) is 24.6 Å². The molecular formula is C21H33NO5. The average molecular weight is 379 g/mol. The summed E-state index contributed by atoms with van der Waals surface area (Å²) in [4.78, 5) is 26.8. The molecule has 0 aliphatic heterocycles. The van der Waals surface area contributed by atoms with Gasteiger partial charge in [-0.2, -0.15) is 0 Å². The molecule has 0 aliphatic carbocycles. The van der Waals surface area contributed by atoms with Crippen molar-refractivity contribution in [2.75, 3.05) is 13.2 Å². The first kappa shape index (κ1) is 22.8. The van der Waals surface area contributed by atoms with E-state index in [1.54, 1.807) is 39.0 Å². The van der Waals surface area contributed by atoms with Crippen molar-refractivity contribution in [2.45, 2.75) is 73.1 Å². The van der Waals surface area contributed by atoms with Gasteiger partial charge < -0.3 is 19.1 Å². The highest BCUT2D eigenvalue weighted by molar-refractivity contribution is 5.97. The molecule has 1 aromatic rings. The van der Waals surface area contributed by atoms with Crippen molar-refractivity contribution in [2.24, 2.45) is 0 Å². The number of benzene rings is 1. The fraction of sp³-hybridized carbons (Fsp3) is 0.619. The van der Waals surface area contributed by atoms with E-state index in [9.17, 15) is 9.59 Å². The maximum absolute atomic E-state index is 13.1. The highest BCUT2D eigenvalue weighted by Gasteiger charge is 2.26. The van der Waals surface area contributed by atoms with Crippen molar-refractivity contribution < 1.29 is 23.8 Å². The van der Waals surface area contributed by atoms with Crippen LogP contribution in [0.4, 0.5) is 0 Å². The molecule has 1 amide bonds. The lowest BCUT2D eigenvalue weighted by Gasteiger charge is -2.28. The number of rotatable bonds is 8. The zero-order chi connectivity index (χ0) is 20.8. The lowest BCUT2D eigenvalue weighted by Crippen LogP contribution is -2.42. The molecule has 1 rings (SSSR count). The number of ether oxygens (including phenoxy) is 3. The molecule has 0 saturated carbocycles. The van der Waals surface area contributed by atoms with Crippen LogP contribution in [0.15, 0.2) is 18.2 Å². The van der Waals surface area contributed by atoms with Gasteiger partial charge in [-0.15, -0.1) is 0 Å². The minimum Gasteiger partial charge on any atom is -0.494 e. The zero-order valence-electron chi connectivity index (χ0n) is 17.8. The number of carbonyl (C=O) groups excluding carboxylic acids is 2. The molecule has 0 saturated heterocycles. The first-order valence-corrected chi connectivity index (χ1v) is 9.40. The van der Waals surface area contributed by atoms with Crippen LogP contribution in [0.2, 0.25) is 0 Å². The van der Waals surface area contributed by atoms with Crippen LogP contribution in [0.1, 0.15) is 65.7 Å². The largest absolute Gasteiger partial charge is 0.494 e. The smallest absolute Gasteiger partial charge is 0.326 e. The third kappa shape index (κ3) is 7.89. The Hall–Kier alpha value is -2.24. The van der Waals surface area contributed by atoms with Crippen molar-refractivity contribution in [3.05, 3.63) is 23.8 Å². The molecule has 0 N–H and O–H groups in total. The Bertz CT molecular complexity index is 646. The standard InChI is InChI=1S/C21H33NO5/c1-9-25-17-10-16(11-18(12-17)26-15(4)5)20(24)22(14(2)3)13-19(23)27-21(6,7)8/h10-12,14-15H,9,13H2,1-8H3. The Kier molecular flexibility index (Phi) is 8.13. The predicted molar refractivity (Wildman–Crippen MR) is 105 cm³/mol. The van der Waals surface area contributed by atoms with E-state index in [1.165, 1.54) is 4.90 Å². The Morgan fingerprint density at radius 2 is 1.63 bits per heavy atom. The molecule has 0 aromatic heterocycles. The monoisotopic (exact) mass is 379 g/mol. The van der Waals surface area contributed by atoms with Gasteiger partial charge in [0, 0.05) is 17.7 Å². The molecule has 6 heteroatoms. The van der Waals surface area contributed by atoms with Crippen LogP contribution in [0.25, 0.3) is 0 Å². The van der Waals surface area contributed by atoms with Crippen LogP contribution in [0.5, 0.6) is 11.5 Å². The Balaban J connectivity index is 3.13. The second-order valence-electron chi connectivity index (χ2n) is 7.91. The molecule has 1 aromatic carbocycles. The van der Waals surface area contributed by atoms with E-state index in [0.29, 0.717) is 23.7 Å². The van der Waals surface area contributed by atoms with Crippen LogP contribution in [-0.2, 0) is 9.53 Å². The van der Waals surface area contributed by atoms with Crippen LogP contribution < -0.4 is 9.47 Å². The molecule has 152 valence electrons. The highest BCUT2D eigenvalue weighted by atomic mass is 16.6. The first-order valence-electron chi connectivity index (χ1n) is 9.40. The second kappa shape index (κ2) is 9.62. The quantitative estimate of drug-likeness (QED) is 0.637. The van der Waals surface area contributed by atoms with Crippen LogP contribution in [0.3, 0.4) is 0 Å². The van der Waals surface area contributed by atoms with E-state index >= 15 is 0 Å². The van der Waals surface area contributed by atoms with E-state index in [2.05, 4.69) is 0 Å². The third-order valence-corrected chi connectivity index (χ3v) is 3.41. The van der Waals surface area contributed by atoms with Gasteiger partial charge in [0.2, 0.25) is 0 Å². The summed E-state index contributed by atoms with van der Waals surface area (Å²) in [6.45, 7) is 15.2. The number of nitrogens with zero attached hydrogens (tertiary/aromatic N) is 1. The van der Waals surface area contributed by atoms with E-state index < -0.39 is 11.6 Å². The van der Waals surface area contributed by atoms with E-state index in [4.69, 9.17) is 14.2 Å². The average Bonchev–Trinajstić information content (AvgIpc) is 2.49. The summed E-state index contributed by atoms with van der Waals surface area (Å²) in [7, 11) is 0. The van der Waals surface area contributed by atoms with Crippen molar-refractivity contribution in [1.82, 2.24) is 4.90 Å². The Morgan fingerprint density at radius 1 is 1.04 bits per heavy atom. The molecule has 27 heavy (non-hydrogen) atoms. The number of esters is 1. The number of carbonyl (C=O) groups is 2. The van der Waals surface area contributed by atoms with Crippen molar-refractivity contribution in [3.63, 3.8) is 0 Å². The molecule has 0 unspecified atom stereocenters. The minimum absolute atomic E-state index is 0.0345. The summed E-state index contributed by atoms with van der Waals surface area (Å²) < 4.78 is 16.7. The number of hydrogen-bond donors (Lipinski definition) is 0. The predicted octanol–water partition coefficient (Wildman–Crippen LogP) is 4.06. The molecule has 0 spiro atoms. The Labute approximate surface area is 162 Å². The lowest BCUT2D eigenvalue weighted by atomic mass is 10.1. The maximum atomic E-state index is 13.1. The SMILES string of the molecule is CCOc1cc(OC(C)C)cc(C(=O)N(CC(=O)OC(C)(C)C)C(C)C)c1. The molecular weight excluding hydrogens is 346 g/mol. The van der Waals surface area contributed by atoms with Gasteiger partial charge in [0.25, 0.3) is 5.91 Å². The van der Waals surface area contributed by atoms with Gasteiger partial charge in [-0.3, -0.25) is 9.59 Å². The minimum atomic E-state index is -0.601. The van der Waals surface area contributed by atoms with Gasteiger partial charge in [-0.25, -0.2) is 0 Å². The van der Waals surface area contributed by atoms with E-state index in [0.717, 1.165) is 0 Å². The highest BCUT2D eigenvalue weighted by Crippen LogP contribution is 2.25. The van der Waals surface area contributed by atoms with Crippen LogP contribution >= 0.6 is 0 Å². The maximum Gasteiger partial charge on any atom is 0.326 e. The first-order chi connectivity index (χ1) is 12.4. The summed E-state index contributed by atoms with van der Waals surface area (Å²) in [5.41, 5.74) is -0.190. The van der Waals surface area contributed by atoms with Gasteiger partial charge in [0.05, 0.1) is 12.7 Å². The molecule has 0 aliphatic rings. The van der Waals surface area contributed by atoms with Gasteiger partial charge in [-0.1, -0.05) is 0 Å². The number of hydrogen-bond acceptors (Lipinski definition) is 5. The van der Waals surface area contributed by atoms with E-state index in [1.807, 2.05) is 34.6 Å².